The Bertz CT molecular complexity index is 322. The number of nitrogens with one attached hydrogen (secondary N) is 2. The Hall–Kier alpha value is -0.610. The van der Waals surface area contributed by atoms with Gasteiger partial charge in [-0.15, -0.1) is 0 Å². The van der Waals surface area contributed by atoms with Crippen molar-refractivity contribution in [2.24, 2.45) is 5.92 Å². The van der Waals surface area contributed by atoms with E-state index < -0.39 is 0 Å². The van der Waals surface area contributed by atoms with E-state index in [1.54, 1.807) is 0 Å². The first-order valence-corrected chi connectivity index (χ1v) is 8.54. The van der Waals surface area contributed by atoms with Crippen LogP contribution >= 0.6 is 0 Å². The molecule has 1 amide bonds. The molecule has 21 heavy (non-hydrogen) atoms. The predicted molar refractivity (Wildman–Crippen MR) is 89.4 cm³/mol. The maximum absolute atomic E-state index is 12.5. The fourth-order valence-corrected chi connectivity index (χ4v) is 2.75. The molecule has 4 nitrogen and oxygen atoms in total. The highest BCUT2D eigenvalue weighted by Gasteiger charge is 2.28. The van der Waals surface area contributed by atoms with Crippen LogP contribution in [-0.2, 0) is 4.79 Å². The quantitative estimate of drug-likeness (QED) is 0.723. The number of hydrogen-bond acceptors (Lipinski definition) is 3. The van der Waals surface area contributed by atoms with Crippen molar-refractivity contribution in [1.82, 2.24) is 15.5 Å². The molecule has 1 aliphatic rings. The SMILES string of the molecule is CCC(C)(C)NC(=O)C(C)N(CC(C)C)CC1CCCN1. The average Bonchev–Trinajstić information content (AvgIpc) is 2.89. The van der Waals surface area contributed by atoms with Crippen LogP contribution in [0.25, 0.3) is 0 Å². The van der Waals surface area contributed by atoms with Gasteiger partial charge in [0.2, 0.25) is 5.91 Å². The van der Waals surface area contributed by atoms with E-state index >= 15 is 0 Å². The van der Waals surface area contributed by atoms with Gasteiger partial charge < -0.3 is 10.6 Å². The molecule has 1 aliphatic heterocycles. The normalized spacial score (nSPS) is 21.0. The van der Waals surface area contributed by atoms with E-state index in [1.807, 2.05) is 6.92 Å². The van der Waals surface area contributed by atoms with Crippen molar-refractivity contribution in [3.05, 3.63) is 0 Å². The average molecular weight is 297 g/mol. The number of amides is 1. The van der Waals surface area contributed by atoms with Crippen molar-refractivity contribution in [2.75, 3.05) is 19.6 Å². The van der Waals surface area contributed by atoms with E-state index in [0.29, 0.717) is 12.0 Å². The summed E-state index contributed by atoms with van der Waals surface area (Å²) in [6, 6.07) is 0.471. The lowest BCUT2D eigenvalue weighted by molar-refractivity contribution is -0.127. The van der Waals surface area contributed by atoms with E-state index in [4.69, 9.17) is 0 Å². The highest BCUT2D eigenvalue weighted by molar-refractivity contribution is 5.82. The van der Waals surface area contributed by atoms with Gasteiger partial charge >= 0.3 is 0 Å². The zero-order valence-electron chi connectivity index (χ0n) is 14.8. The van der Waals surface area contributed by atoms with Crippen LogP contribution in [0.2, 0.25) is 0 Å². The lowest BCUT2D eigenvalue weighted by atomic mass is 10.0. The summed E-state index contributed by atoms with van der Waals surface area (Å²) in [7, 11) is 0. The van der Waals surface area contributed by atoms with Crippen LogP contribution < -0.4 is 10.6 Å². The summed E-state index contributed by atoms with van der Waals surface area (Å²) in [5.41, 5.74) is -0.125. The number of rotatable bonds is 8. The Labute approximate surface area is 131 Å². The summed E-state index contributed by atoms with van der Waals surface area (Å²) in [5.74, 6) is 0.723. The first-order valence-electron chi connectivity index (χ1n) is 8.54. The first-order chi connectivity index (χ1) is 9.75. The molecule has 0 aromatic carbocycles. The van der Waals surface area contributed by atoms with E-state index in [9.17, 15) is 4.79 Å². The second-order valence-corrected chi connectivity index (χ2v) is 7.54. The van der Waals surface area contributed by atoms with Crippen LogP contribution in [0.15, 0.2) is 0 Å². The Morgan fingerprint density at radius 1 is 1.38 bits per heavy atom. The lowest BCUT2D eigenvalue weighted by Crippen LogP contribution is -2.54. The maximum atomic E-state index is 12.5. The molecule has 1 heterocycles. The van der Waals surface area contributed by atoms with Crippen LogP contribution in [0, 0.1) is 5.92 Å². The predicted octanol–water partition coefficient (Wildman–Crippen LogP) is 2.39. The third kappa shape index (κ3) is 6.35. The topological polar surface area (TPSA) is 44.4 Å². The zero-order chi connectivity index (χ0) is 16.0. The van der Waals surface area contributed by atoms with Crippen LogP contribution in [0.4, 0.5) is 0 Å². The van der Waals surface area contributed by atoms with Crippen molar-refractivity contribution >= 4 is 5.91 Å². The molecule has 1 saturated heterocycles. The van der Waals surface area contributed by atoms with Crippen molar-refractivity contribution < 1.29 is 4.79 Å². The van der Waals surface area contributed by atoms with E-state index in [2.05, 4.69) is 50.2 Å². The molecule has 0 radical (unpaired) electrons. The van der Waals surface area contributed by atoms with Gasteiger partial charge in [0, 0.05) is 24.7 Å². The van der Waals surface area contributed by atoms with Gasteiger partial charge in [0.05, 0.1) is 6.04 Å². The van der Waals surface area contributed by atoms with Crippen LogP contribution in [0.1, 0.15) is 60.8 Å². The number of carbonyl (C=O) groups is 1. The Balaban J connectivity index is 2.64. The monoisotopic (exact) mass is 297 g/mol. The van der Waals surface area contributed by atoms with Gasteiger partial charge in [-0.2, -0.15) is 0 Å². The minimum absolute atomic E-state index is 0.0689. The summed E-state index contributed by atoms with van der Waals surface area (Å²) < 4.78 is 0. The van der Waals surface area contributed by atoms with Crippen molar-refractivity contribution in [3.8, 4) is 0 Å². The van der Waals surface area contributed by atoms with Gasteiger partial charge in [0.25, 0.3) is 0 Å². The molecule has 1 fully saturated rings. The van der Waals surface area contributed by atoms with Gasteiger partial charge in [0.1, 0.15) is 0 Å². The summed E-state index contributed by atoms with van der Waals surface area (Å²) in [6.07, 6.45) is 3.42. The summed E-state index contributed by atoms with van der Waals surface area (Å²) in [6.45, 7) is 15.8. The lowest BCUT2D eigenvalue weighted by Gasteiger charge is -2.34. The van der Waals surface area contributed by atoms with Gasteiger partial charge in [-0.25, -0.2) is 0 Å². The minimum Gasteiger partial charge on any atom is -0.350 e. The maximum Gasteiger partial charge on any atom is 0.237 e. The van der Waals surface area contributed by atoms with E-state index in [1.165, 1.54) is 12.8 Å². The number of nitrogens with zero attached hydrogens (tertiary/aromatic N) is 1. The molecule has 2 unspecified atom stereocenters. The molecule has 0 bridgehead atoms. The van der Waals surface area contributed by atoms with Crippen LogP contribution in [-0.4, -0.2) is 48.1 Å². The van der Waals surface area contributed by atoms with Gasteiger partial charge in [-0.1, -0.05) is 20.8 Å². The molecule has 2 N–H and O–H groups in total. The zero-order valence-corrected chi connectivity index (χ0v) is 14.8. The third-order valence-electron chi connectivity index (χ3n) is 4.49. The Kier molecular flexibility index (Phi) is 7.14. The molecule has 1 rings (SSSR count). The standard InChI is InChI=1S/C17H35N3O/c1-7-17(5,6)19-16(21)14(4)20(11-13(2)3)12-15-9-8-10-18-15/h13-15,18H,7-12H2,1-6H3,(H,19,21). The highest BCUT2D eigenvalue weighted by atomic mass is 16.2. The van der Waals surface area contributed by atoms with Crippen molar-refractivity contribution in [2.45, 2.75) is 78.4 Å². The van der Waals surface area contributed by atoms with E-state index in [-0.39, 0.29) is 17.5 Å². The summed E-state index contributed by atoms with van der Waals surface area (Å²) in [4.78, 5) is 14.9. The Morgan fingerprint density at radius 3 is 2.52 bits per heavy atom. The summed E-state index contributed by atoms with van der Waals surface area (Å²) in [5, 5.41) is 6.72. The first kappa shape index (κ1) is 18.4. The highest BCUT2D eigenvalue weighted by Crippen LogP contribution is 2.13. The molecule has 0 aromatic heterocycles. The molecule has 0 aromatic rings. The van der Waals surface area contributed by atoms with Gasteiger partial charge in [0.15, 0.2) is 0 Å². The molecule has 2 atom stereocenters. The van der Waals surface area contributed by atoms with Gasteiger partial charge in [-0.05, 0) is 52.5 Å². The molecule has 4 heteroatoms. The molecular weight excluding hydrogens is 262 g/mol. The number of carbonyl (C=O) groups excluding carboxylic acids is 1. The second kappa shape index (κ2) is 8.14. The number of hydrogen-bond donors (Lipinski definition) is 2. The molecule has 0 aliphatic carbocycles. The largest absolute Gasteiger partial charge is 0.350 e. The molecule has 0 saturated carbocycles. The minimum atomic E-state index is -0.125. The smallest absolute Gasteiger partial charge is 0.237 e. The van der Waals surface area contributed by atoms with Crippen LogP contribution in [0.3, 0.4) is 0 Å². The second-order valence-electron chi connectivity index (χ2n) is 7.54. The van der Waals surface area contributed by atoms with Crippen molar-refractivity contribution in [3.63, 3.8) is 0 Å². The van der Waals surface area contributed by atoms with E-state index in [0.717, 1.165) is 26.1 Å². The molecule has 124 valence electrons. The third-order valence-corrected chi connectivity index (χ3v) is 4.49. The molecule has 0 spiro atoms. The fourth-order valence-electron chi connectivity index (χ4n) is 2.75. The van der Waals surface area contributed by atoms with Gasteiger partial charge in [-0.3, -0.25) is 9.69 Å². The Morgan fingerprint density at radius 2 is 2.05 bits per heavy atom. The molecular formula is C17H35N3O. The van der Waals surface area contributed by atoms with Crippen molar-refractivity contribution in [1.29, 1.82) is 0 Å². The van der Waals surface area contributed by atoms with Crippen LogP contribution in [0.5, 0.6) is 0 Å². The fraction of sp³-hybridized carbons (Fsp3) is 0.941. The summed E-state index contributed by atoms with van der Waals surface area (Å²) >= 11 is 0.